The number of aromatic nitrogens is 4. The molecule has 0 radical (unpaired) electrons. The smallest absolute Gasteiger partial charge is 0.293 e. The molecule has 0 amide bonds. The Morgan fingerprint density at radius 2 is 2.18 bits per heavy atom. The van der Waals surface area contributed by atoms with E-state index < -0.39 is 0 Å². The third kappa shape index (κ3) is 3.18. The lowest BCUT2D eigenvalue weighted by molar-refractivity contribution is 0.409. The van der Waals surface area contributed by atoms with Crippen molar-refractivity contribution in [3.8, 4) is 0 Å². The van der Waals surface area contributed by atoms with Crippen LogP contribution in [0.5, 0.6) is 0 Å². The Kier molecular flexibility index (Phi) is 4.22. The molecule has 0 aliphatic heterocycles. The summed E-state index contributed by atoms with van der Waals surface area (Å²) in [6.07, 6.45) is 7.99. The normalized spacial score (nSPS) is 21.2. The summed E-state index contributed by atoms with van der Waals surface area (Å²) in [6.45, 7) is 2.00. The predicted octanol–water partition coefficient (Wildman–Crippen LogP) is 1.55. The van der Waals surface area contributed by atoms with Gasteiger partial charge in [0.1, 0.15) is 0 Å². The number of aryl methyl sites for hydroxylation is 2. The van der Waals surface area contributed by atoms with Gasteiger partial charge in [0.15, 0.2) is 5.82 Å². The van der Waals surface area contributed by atoms with Gasteiger partial charge in [0, 0.05) is 38.3 Å². The molecule has 1 N–H and O–H groups in total. The lowest BCUT2D eigenvalue weighted by Crippen LogP contribution is -2.26. The minimum absolute atomic E-state index is 0.0876. The number of hydrogen-bond donors (Lipinski definition) is 1. The molecule has 0 saturated heterocycles. The van der Waals surface area contributed by atoms with E-state index in [2.05, 4.69) is 20.5 Å². The van der Waals surface area contributed by atoms with E-state index in [9.17, 15) is 4.79 Å². The molecule has 118 valence electrons. The topological polar surface area (TPSA) is 85.8 Å². The van der Waals surface area contributed by atoms with E-state index in [1.54, 1.807) is 19.4 Å². The molecule has 1 saturated carbocycles. The van der Waals surface area contributed by atoms with Gasteiger partial charge in [-0.1, -0.05) is 6.92 Å². The molecule has 0 spiro atoms. The van der Waals surface area contributed by atoms with Gasteiger partial charge in [0.25, 0.3) is 5.56 Å². The van der Waals surface area contributed by atoms with Crippen LogP contribution in [0.3, 0.4) is 0 Å². The largest absolute Gasteiger partial charge is 0.425 e. The third-order valence-electron chi connectivity index (χ3n) is 4.17. The summed E-state index contributed by atoms with van der Waals surface area (Å²) in [5.41, 5.74) is -0.0876. The fourth-order valence-electron chi connectivity index (χ4n) is 2.94. The molecule has 1 aliphatic rings. The van der Waals surface area contributed by atoms with Crippen molar-refractivity contribution in [2.75, 3.05) is 5.32 Å². The second-order valence-electron chi connectivity index (χ2n) is 5.86. The van der Waals surface area contributed by atoms with Crippen LogP contribution in [0.25, 0.3) is 0 Å². The lowest BCUT2D eigenvalue weighted by Gasteiger charge is -2.13. The summed E-state index contributed by atoms with van der Waals surface area (Å²) in [7, 11) is 1.73. The highest BCUT2D eigenvalue weighted by Gasteiger charge is 2.27. The summed E-state index contributed by atoms with van der Waals surface area (Å²) in [6, 6.07) is 0.279. The molecule has 3 rings (SSSR count). The molecule has 7 nitrogen and oxygen atoms in total. The number of anilines is 1. The number of nitrogens with one attached hydrogen (secondary N) is 1. The monoisotopic (exact) mass is 303 g/mol. The summed E-state index contributed by atoms with van der Waals surface area (Å²) in [5.74, 6) is 2.35. The third-order valence-corrected chi connectivity index (χ3v) is 4.17. The molecule has 2 atom stereocenters. The van der Waals surface area contributed by atoms with Crippen molar-refractivity contribution >= 4 is 5.82 Å². The van der Waals surface area contributed by atoms with Crippen LogP contribution in [0.15, 0.2) is 21.6 Å². The van der Waals surface area contributed by atoms with E-state index in [0.717, 1.165) is 38.0 Å². The Hall–Kier alpha value is -2.18. The van der Waals surface area contributed by atoms with Crippen LogP contribution in [-0.4, -0.2) is 25.8 Å². The zero-order chi connectivity index (χ0) is 15.5. The average Bonchev–Trinajstić information content (AvgIpc) is 3.14. The van der Waals surface area contributed by atoms with Crippen LogP contribution in [0.1, 0.15) is 38.0 Å². The standard InChI is InChI=1S/C15H21N5O2/c1-3-12-18-19-13(22-12)9-10-4-5-11(8-10)17-14-15(21)20(2)7-6-16-14/h6-7,10-11H,3-5,8-9H2,1-2H3,(H,16,17)/t10-,11+/m1/s1. The second-order valence-corrected chi connectivity index (χ2v) is 5.86. The molecule has 0 unspecified atom stereocenters. The maximum absolute atomic E-state index is 12.0. The number of nitrogens with zero attached hydrogens (tertiary/aromatic N) is 4. The fraction of sp³-hybridized carbons (Fsp3) is 0.600. The SMILES string of the molecule is CCc1nnc(C[C@@H]2CC[C@H](Nc3nccn(C)c3=O)C2)o1. The summed E-state index contributed by atoms with van der Waals surface area (Å²) < 4.78 is 7.11. The van der Waals surface area contributed by atoms with Gasteiger partial charge in [0.2, 0.25) is 11.8 Å². The van der Waals surface area contributed by atoms with Crippen LogP contribution >= 0.6 is 0 Å². The zero-order valence-corrected chi connectivity index (χ0v) is 13.0. The Balaban J connectivity index is 1.58. The lowest BCUT2D eigenvalue weighted by atomic mass is 10.0. The molecule has 2 aromatic rings. The first kappa shape index (κ1) is 14.7. The predicted molar refractivity (Wildman–Crippen MR) is 81.6 cm³/mol. The average molecular weight is 303 g/mol. The summed E-state index contributed by atoms with van der Waals surface area (Å²) in [4.78, 5) is 16.1. The van der Waals surface area contributed by atoms with Crippen molar-refractivity contribution in [1.29, 1.82) is 0 Å². The van der Waals surface area contributed by atoms with Crippen molar-refractivity contribution < 1.29 is 4.42 Å². The van der Waals surface area contributed by atoms with E-state index in [4.69, 9.17) is 4.42 Å². The van der Waals surface area contributed by atoms with Gasteiger partial charge in [-0.3, -0.25) is 4.79 Å². The van der Waals surface area contributed by atoms with Crippen molar-refractivity contribution in [1.82, 2.24) is 19.7 Å². The molecule has 0 bridgehead atoms. The maximum Gasteiger partial charge on any atom is 0.293 e. The van der Waals surface area contributed by atoms with E-state index in [0.29, 0.717) is 17.6 Å². The molecular formula is C15H21N5O2. The quantitative estimate of drug-likeness (QED) is 0.902. The molecule has 7 heteroatoms. The highest BCUT2D eigenvalue weighted by atomic mass is 16.4. The van der Waals surface area contributed by atoms with Gasteiger partial charge >= 0.3 is 0 Å². The van der Waals surface area contributed by atoms with E-state index in [1.165, 1.54) is 4.57 Å². The Labute approximate surface area is 128 Å². The first-order chi connectivity index (χ1) is 10.7. The summed E-state index contributed by atoms with van der Waals surface area (Å²) >= 11 is 0. The highest BCUT2D eigenvalue weighted by molar-refractivity contribution is 5.32. The molecule has 1 fully saturated rings. The van der Waals surface area contributed by atoms with Gasteiger partial charge < -0.3 is 14.3 Å². The van der Waals surface area contributed by atoms with Crippen LogP contribution < -0.4 is 10.9 Å². The Bertz CT molecular complexity index is 693. The molecule has 2 heterocycles. The minimum Gasteiger partial charge on any atom is -0.425 e. The molecule has 2 aromatic heterocycles. The van der Waals surface area contributed by atoms with Crippen LogP contribution in [0.4, 0.5) is 5.82 Å². The first-order valence-electron chi connectivity index (χ1n) is 7.75. The Morgan fingerprint density at radius 3 is 2.95 bits per heavy atom. The Morgan fingerprint density at radius 1 is 1.36 bits per heavy atom. The van der Waals surface area contributed by atoms with Crippen molar-refractivity contribution in [2.45, 2.75) is 45.1 Å². The van der Waals surface area contributed by atoms with Gasteiger partial charge in [-0.2, -0.15) is 0 Å². The fourth-order valence-corrected chi connectivity index (χ4v) is 2.94. The van der Waals surface area contributed by atoms with Gasteiger partial charge in [-0.15, -0.1) is 10.2 Å². The minimum atomic E-state index is -0.0876. The van der Waals surface area contributed by atoms with Crippen LogP contribution in [0.2, 0.25) is 0 Å². The number of rotatable bonds is 5. The first-order valence-corrected chi connectivity index (χ1v) is 7.75. The molecule has 0 aromatic carbocycles. The summed E-state index contributed by atoms with van der Waals surface area (Å²) in [5, 5.41) is 11.4. The van der Waals surface area contributed by atoms with Crippen LogP contribution in [-0.2, 0) is 19.9 Å². The van der Waals surface area contributed by atoms with Crippen LogP contribution in [0, 0.1) is 5.92 Å². The van der Waals surface area contributed by atoms with Crippen molar-refractivity contribution in [3.63, 3.8) is 0 Å². The van der Waals surface area contributed by atoms with E-state index in [-0.39, 0.29) is 11.6 Å². The van der Waals surface area contributed by atoms with E-state index >= 15 is 0 Å². The highest BCUT2D eigenvalue weighted by Crippen LogP contribution is 2.29. The van der Waals surface area contributed by atoms with Crippen molar-refractivity contribution in [2.24, 2.45) is 13.0 Å². The number of hydrogen-bond acceptors (Lipinski definition) is 6. The molecular weight excluding hydrogens is 282 g/mol. The maximum atomic E-state index is 12.0. The molecule has 1 aliphatic carbocycles. The zero-order valence-electron chi connectivity index (χ0n) is 13.0. The second kappa shape index (κ2) is 6.29. The van der Waals surface area contributed by atoms with Gasteiger partial charge in [-0.05, 0) is 25.2 Å². The van der Waals surface area contributed by atoms with E-state index in [1.807, 2.05) is 6.92 Å². The van der Waals surface area contributed by atoms with Gasteiger partial charge in [0.05, 0.1) is 0 Å². The van der Waals surface area contributed by atoms with Gasteiger partial charge in [-0.25, -0.2) is 4.98 Å². The van der Waals surface area contributed by atoms with Crippen molar-refractivity contribution in [3.05, 3.63) is 34.5 Å². The molecule has 22 heavy (non-hydrogen) atoms.